The van der Waals surface area contributed by atoms with Gasteiger partial charge >= 0.3 is 6.09 Å². The lowest BCUT2D eigenvalue weighted by Crippen LogP contribution is -2.49. The van der Waals surface area contributed by atoms with Crippen molar-refractivity contribution in [3.05, 3.63) is 54.6 Å². The summed E-state index contributed by atoms with van der Waals surface area (Å²) in [5, 5.41) is 0. The number of carbonyl (C=O) groups excluding carboxylic acids is 1. The smallest absolute Gasteiger partial charge is 0.409 e. The maximum absolute atomic E-state index is 12.9. The Morgan fingerprint density at radius 3 is 2.23 bits per heavy atom. The lowest BCUT2D eigenvalue weighted by atomic mass is 10.3. The summed E-state index contributed by atoms with van der Waals surface area (Å²) < 4.78 is 33.5. The van der Waals surface area contributed by atoms with Crippen LogP contribution in [0.15, 0.2) is 59.5 Å². The number of piperazine rings is 1. The molecule has 1 saturated heterocycles. The third kappa shape index (κ3) is 4.53. The van der Waals surface area contributed by atoms with Crippen molar-refractivity contribution in [1.82, 2.24) is 14.9 Å². The molecule has 1 N–H and O–H groups in total. The lowest BCUT2D eigenvalue weighted by Gasteiger charge is -2.35. The van der Waals surface area contributed by atoms with Crippen LogP contribution >= 0.6 is 0 Å². The number of aromatic nitrogens is 2. The van der Waals surface area contributed by atoms with Gasteiger partial charge in [-0.05, 0) is 31.2 Å². The van der Waals surface area contributed by atoms with E-state index in [0.29, 0.717) is 49.6 Å². The number of carbonyl (C=O) groups is 1. The first kappa shape index (κ1) is 20.9. The highest BCUT2D eigenvalue weighted by molar-refractivity contribution is 7.92. The van der Waals surface area contributed by atoms with Gasteiger partial charge in [0.1, 0.15) is 0 Å². The monoisotopic (exact) mass is 441 g/mol. The summed E-state index contributed by atoms with van der Waals surface area (Å²) in [4.78, 5) is 24.9. The molecule has 2 heterocycles. The van der Waals surface area contributed by atoms with Gasteiger partial charge in [-0.15, -0.1) is 0 Å². The topological polar surface area (TPSA) is 105 Å². The molecule has 9 nitrogen and oxygen atoms in total. The zero-order valence-corrected chi connectivity index (χ0v) is 17.9. The van der Waals surface area contributed by atoms with Gasteiger partial charge in [-0.25, -0.2) is 23.2 Å². The highest BCUT2D eigenvalue weighted by Gasteiger charge is 2.27. The van der Waals surface area contributed by atoms with E-state index in [1.54, 1.807) is 36.1 Å². The van der Waals surface area contributed by atoms with Crippen molar-refractivity contribution in [3.63, 3.8) is 0 Å². The maximum atomic E-state index is 12.9. The van der Waals surface area contributed by atoms with Crippen LogP contribution in [0, 0.1) is 0 Å². The van der Waals surface area contributed by atoms with E-state index in [0.717, 1.165) is 0 Å². The lowest BCUT2D eigenvalue weighted by molar-refractivity contribution is 0.105. The van der Waals surface area contributed by atoms with Crippen LogP contribution in [-0.2, 0) is 14.8 Å². The van der Waals surface area contributed by atoms with Gasteiger partial charge in [0.05, 0.1) is 22.5 Å². The summed E-state index contributed by atoms with van der Waals surface area (Å²) in [6.07, 6.45) is -0.350. The first-order chi connectivity index (χ1) is 15.0. The fourth-order valence-corrected chi connectivity index (χ4v) is 4.41. The molecule has 0 atom stereocenters. The maximum Gasteiger partial charge on any atom is 0.409 e. The van der Waals surface area contributed by atoms with Gasteiger partial charge in [-0.2, -0.15) is 0 Å². The van der Waals surface area contributed by atoms with Crippen LogP contribution in [0.3, 0.4) is 0 Å². The largest absolute Gasteiger partial charge is 0.450 e. The van der Waals surface area contributed by atoms with Crippen molar-refractivity contribution in [2.45, 2.75) is 11.8 Å². The molecule has 1 aromatic heterocycles. The second-order valence-electron chi connectivity index (χ2n) is 6.98. The van der Waals surface area contributed by atoms with E-state index < -0.39 is 10.0 Å². The quantitative estimate of drug-likeness (QED) is 0.649. The third-order valence-corrected chi connectivity index (χ3v) is 6.30. The number of sulfonamides is 1. The van der Waals surface area contributed by atoms with Gasteiger partial charge in [-0.1, -0.05) is 30.3 Å². The molecule has 0 aliphatic carbocycles. The number of rotatable bonds is 5. The number of fused-ring (bicyclic) bond motifs is 1. The minimum atomic E-state index is -3.84. The zero-order valence-electron chi connectivity index (χ0n) is 17.1. The molecule has 1 aliphatic heterocycles. The fraction of sp³-hybridized carbons (Fsp3) is 0.286. The Bertz CT molecular complexity index is 1180. The molecule has 0 saturated carbocycles. The average Bonchev–Trinajstić information content (AvgIpc) is 2.79. The van der Waals surface area contributed by atoms with Crippen LogP contribution < -0.4 is 9.62 Å². The van der Waals surface area contributed by atoms with Crippen molar-refractivity contribution in [3.8, 4) is 0 Å². The van der Waals surface area contributed by atoms with E-state index in [1.165, 1.54) is 12.1 Å². The van der Waals surface area contributed by atoms with Crippen LogP contribution in [0.2, 0.25) is 0 Å². The molecule has 4 rings (SSSR count). The van der Waals surface area contributed by atoms with Gasteiger partial charge in [0.25, 0.3) is 10.0 Å². The predicted octanol–water partition coefficient (Wildman–Crippen LogP) is 2.71. The zero-order chi connectivity index (χ0) is 21.8. The molecule has 1 aliphatic rings. The van der Waals surface area contributed by atoms with Gasteiger partial charge < -0.3 is 14.5 Å². The number of nitrogens with one attached hydrogen (secondary N) is 1. The molecule has 31 heavy (non-hydrogen) atoms. The Balaban J connectivity index is 1.66. The third-order valence-electron chi connectivity index (χ3n) is 4.94. The summed E-state index contributed by atoms with van der Waals surface area (Å²) in [6, 6.07) is 15.4. The number of amides is 1. The van der Waals surface area contributed by atoms with Crippen molar-refractivity contribution < 1.29 is 17.9 Å². The van der Waals surface area contributed by atoms with Gasteiger partial charge in [0.2, 0.25) is 0 Å². The minimum Gasteiger partial charge on any atom is -0.450 e. The molecule has 1 amide bonds. The molecule has 0 unspecified atom stereocenters. The van der Waals surface area contributed by atoms with E-state index in [1.807, 2.05) is 23.1 Å². The van der Waals surface area contributed by atoms with Crippen molar-refractivity contribution >= 4 is 38.8 Å². The number of benzene rings is 2. The molecule has 3 aromatic rings. The molecule has 162 valence electrons. The summed E-state index contributed by atoms with van der Waals surface area (Å²) in [5.74, 6) is 0.592. The summed E-state index contributed by atoms with van der Waals surface area (Å²) in [6.45, 7) is 3.93. The molecular formula is C21H23N5O4S. The number of ether oxygens (including phenoxy) is 1. The van der Waals surface area contributed by atoms with Crippen molar-refractivity contribution in [1.29, 1.82) is 0 Å². The SMILES string of the molecule is CCOC(=O)N1CCN(c2nc3ccccc3nc2NS(=O)(=O)c2ccccc2)CC1. The Labute approximate surface area is 180 Å². The first-order valence-corrected chi connectivity index (χ1v) is 11.5. The van der Waals surface area contributed by atoms with Crippen LogP contribution in [0.5, 0.6) is 0 Å². The van der Waals surface area contributed by atoms with Gasteiger partial charge in [0.15, 0.2) is 11.6 Å². The Morgan fingerprint density at radius 2 is 1.58 bits per heavy atom. The molecule has 0 spiro atoms. The van der Waals surface area contributed by atoms with Crippen LogP contribution in [0.25, 0.3) is 11.0 Å². The Kier molecular flexibility index (Phi) is 5.90. The normalized spacial score (nSPS) is 14.5. The number of para-hydroxylation sites is 2. The number of anilines is 2. The second kappa shape index (κ2) is 8.76. The van der Waals surface area contributed by atoms with Crippen molar-refractivity contribution in [2.24, 2.45) is 0 Å². The molecule has 0 radical (unpaired) electrons. The first-order valence-electron chi connectivity index (χ1n) is 9.99. The molecule has 0 bridgehead atoms. The van der Waals surface area contributed by atoms with E-state index in [2.05, 4.69) is 14.7 Å². The number of nitrogens with zero attached hydrogens (tertiary/aromatic N) is 4. The molecule has 1 fully saturated rings. The average molecular weight is 442 g/mol. The highest BCUT2D eigenvalue weighted by Crippen LogP contribution is 2.28. The fourth-order valence-electron chi connectivity index (χ4n) is 3.38. The van der Waals surface area contributed by atoms with Crippen LogP contribution in [0.4, 0.5) is 16.4 Å². The second-order valence-corrected chi connectivity index (χ2v) is 8.66. The standard InChI is InChI=1S/C21H23N5O4S/c1-2-30-21(27)26-14-12-25(13-15-26)20-19(22-17-10-6-7-11-18(17)23-20)24-31(28,29)16-8-4-3-5-9-16/h3-11H,2,12-15H2,1H3,(H,22,24). The molecule has 10 heteroatoms. The highest BCUT2D eigenvalue weighted by atomic mass is 32.2. The molecular weight excluding hydrogens is 418 g/mol. The van der Waals surface area contributed by atoms with Crippen molar-refractivity contribution in [2.75, 3.05) is 42.4 Å². The van der Waals surface area contributed by atoms with E-state index in [9.17, 15) is 13.2 Å². The minimum absolute atomic E-state index is 0.142. The van der Waals surface area contributed by atoms with Crippen LogP contribution in [-0.4, -0.2) is 62.2 Å². The van der Waals surface area contributed by atoms with E-state index in [4.69, 9.17) is 4.74 Å². The number of hydrogen-bond acceptors (Lipinski definition) is 7. The van der Waals surface area contributed by atoms with Crippen LogP contribution in [0.1, 0.15) is 6.92 Å². The predicted molar refractivity (Wildman–Crippen MR) is 118 cm³/mol. The van der Waals surface area contributed by atoms with Gasteiger partial charge in [-0.3, -0.25) is 4.72 Å². The van der Waals surface area contributed by atoms with E-state index >= 15 is 0 Å². The number of hydrogen-bond donors (Lipinski definition) is 1. The summed E-state index contributed by atoms with van der Waals surface area (Å²) in [5.41, 5.74) is 1.25. The summed E-state index contributed by atoms with van der Waals surface area (Å²) >= 11 is 0. The molecule has 2 aromatic carbocycles. The summed E-state index contributed by atoms with van der Waals surface area (Å²) in [7, 11) is -3.84. The Hall–Kier alpha value is -3.40. The van der Waals surface area contributed by atoms with Gasteiger partial charge in [0, 0.05) is 26.2 Å². The van der Waals surface area contributed by atoms with E-state index in [-0.39, 0.29) is 16.8 Å². The Morgan fingerprint density at radius 1 is 0.968 bits per heavy atom.